The highest BCUT2D eigenvalue weighted by Crippen LogP contribution is 2.09. The molecule has 8 heteroatoms. The molecule has 20 heavy (non-hydrogen) atoms. The minimum absolute atomic E-state index is 0. The molecule has 0 unspecified atom stereocenters. The highest BCUT2D eigenvalue weighted by atomic mass is 35.5. The second-order valence-electron chi connectivity index (χ2n) is 4.26. The number of halogens is 3. The molecule has 120 valence electrons. The van der Waals surface area contributed by atoms with Crippen LogP contribution in [0, 0.1) is 0 Å². The first-order chi connectivity index (χ1) is 8.86. The lowest BCUT2D eigenvalue weighted by Crippen LogP contribution is -2.41. The van der Waals surface area contributed by atoms with Gasteiger partial charge in [-0.3, -0.25) is 9.59 Å². The number of nitrogens with zero attached hydrogens (tertiary/aromatic N) is 1. The van der Waals surface area contributed by atoms with Gasteiger partial charge in [-0.15, -0.1) is 12.4 Å². The molecule has 0 saturated carbocycles. The Hall–Kier alpha value is -0.950. The van der Waals surface area contributed by atoms with Gasteiger partial charge in [0.25, 0.3) is 5.92 Å². The topological polar surface area (TPSA) is 75.4 Å². The van der Waals surface area contributed by atoms with E-state index in [1.54, 1.807) is 4.90 Å². The third-order valence-electron chi connectivity index (χ3n) is 2.75. The second kappa shape index (κ2) is 10.8. The van der Waals surface area contributed by atoms with Crippen LogP contribution in [-0.4, -0.2) is 48.8 Å². The average Bonchev–Trinajstić information content (AvgIpc) is 2.38. The molecule has 0 aliphatic heterocycles. The SMILES string of the molecule is CCN(CC)C(=O)CCCC(=O)NCC(F)(F)CN.Cl. The number of nitrogens with one attached hydrogen (secondary N) is 1. The maximum Gasteiger partial charge on any atom is 0.277 e. The van der Waals surface area contributed by atoms with Gasteiger partial charge in [0.05, 0.1) is 13.1 Å². The molecule has 0 saturated heterocycles. The minimum Gasteiger partial charge on any atom is -0.350 e. The van der Waals surface area contributed by atoms with Crippen LogP contribution < -0.4 is 11.1 Å². The Balaban J connectivity index is 0. The van der Waals surface area contributed by atoms with Gasteiger partial charge >= 0.3 is 0 Å². The van der Waals surface area contributed by atoms with Crippen LogP contribution in [0.5, 0.6) is 0 Å². The number of amides is 2. The summed E-state index contributed by atoms with van der Waals surface area (Å²) < 4.78 is 25.5. The van der Waals surface area contributed by atoms with E-state index in [0.29, 0.717) is 19.5 Å². The predicted molar refractivity (Wildman–Crippen MR) is 76.0 cm³/mol. The molecule has 2 amide bonds. The number of rotatable bonds is 9. The number of hydrogen-bond acceptors (Lipinski definition) is 3. The van der Waals surface area contributed by atoms with Crippen LogP contribution in [0.2, 0.25) is 0 Å². The molecule has 0 aliphatic rings. The first-order valence-electron chi connectivity index (χ1n) is 6.48. The minimum atomic E-state index is -3.08. The van der Waals surface area contributed by atoms with Gasteiger partial charge in [0, 0.05) is 25.9 Å². The van der Waals surface area contributed by atoms with Crippen molar-refractivity contribution in [2.24, 2.45) is 5.73 Å². The first-order valence-corrected chi connectivity index (χ1v) is 6.48. The average molecular weight is 316 g/mol. The Morgan fingerprint density at radius 2 is 1.75 bits per heavy atom. The molecule has 0 aromatic rings. The van der Waals surface area contributed by atoms with Gasteiger partial charge in [-0.25, -0.2) is 8.78 Å². The molecule has 0 radical (unpaired) electrons. The van der Waals surface area contributed by atoms with Crippen LogP contribution in [0.4, 0.5) is 8.78 Å². The Morgan fingerprint density at radius 1 is 1.20 bits per heavy atom. The smallest absolute Gasteiger partial charge is 0.277 e. The van der Waals surface area contributed by atoms with E-state index in [9.17, 15) is 18.4 Å². The lowest BCUT2D eigenvalue weighted by Gasteiger charge is -2.18. The number of alkyl halides is 2. The van der Waals surface area contributed by atoms with E-state index in [-0.39, 0.29) is 31.2 Å². The van der Waals surface area contributed by atoms with Crippen molar-refractivity contribution in [2.45, 2.75) is 39.0 Å². The maximum absolute atomic E-state index is 12.8. The summed E-state index contributed by atoms with van der Waals surface area (Å²) in [5, 5.41) is 2.11. The summed E-state index contributed by atoms with van der Waals surface area (Å²) in [6, 6.07) is 0. The zero-order valence-electron chi connectivity index (χ0n) is 12.0. The summed E-state index contributed by atoms with van der Waals surface area (Å²) in [4.78, 5) is 24.6. The predicted octanol–water partition coefficient (Wildman–Crippen LogP) is 1.16. The van der Waals surface area contributed by atoms with Gasteiger partial charge in [-0.1, -0.05) is 0 Å². The summed E-state index contributed by atoms with van der Waals surface area (Å²) in [7, 11) is 0. The number of carbonyl (C=O) groups is 2. The van der Waals surface area contributed by atoms with Crippen LogP contribution in [0.1, 0.15) is 33.1 Å². The third kappa shape index (κ3) is 9.03. The molecule has 0 fully saturated rings. The van der Waals surface area contributed by atoms with E-state index in [2.05, 4.69) is 5.32 Å². The van der Waals surface area contributed by atoms with Gasteiger partial charge in [-0.2, -0.15) is 0 Å². The van der Waals surface area contributed by atoms with Gasteiger partial charge in [-0.05, 0) is 20.3 Å². The lowest BCUT2D eigenvalue weighted by molar-refractivity contribution is -0.131. The van der Waals surface area contributed by atoms with Gasteiger partial charge in [0.1, 0.15) is 0 Å². The van der Waals surface area contributed by atoms with Gasteiger partial charge in [0.2, 0.25) is 11.8 Å². The van der Waals surface area contributed by atoms with Crippen molar-refractivity contribution in [1.82, 2.24) is 10.2 Å². The fraction of sp³-hybridized carbons (Fsp3) is 0.833. The molecule has 0 aromatic carbocycles. The zero-order valence-corrected chi connectivity index (χ0v) is 12.8. The second-order valence-corrected chi connectivity index (χ2v) is 4.26. The van der Waals surface area contributed by atoms with Crippen LogP contribution in [0.15, 0.2) is 0 Å². The van der Waals surface area contributed by atoms with Crippen molar-refractivity contribution in [3.8, 4) is 0 Å². The molecule has 0 aliphatic carbocycles. The quantitative estimate of drug-likeness (QED) is 0.670. The number of carbonyl (C=O) groups excluding carboxylic acids is 2. The Bertz CT molecular complexity index is 300. The largest absolute Gasteiger partial charge is 0.350 e. The monoisotopic (exact) mass is 315 g/mol. The Kier molecular flexibility index (Phi) is 11.5. The molecular weight excluding hydrogens is 292 g/mol. The fourth-order valence-electron chi connectivity index (χ4n) is 1.52. The molecule has 0 bridgehead atoms. The molecule has 0 heterocycles. The molecule has 0 rings (SSSR count). The fourth-order valence-corrected chi connectivity index (χ4v) is 1.52. The van der Waals surface area contributed by atoms with Gasteiger partial charge in [0.15, 0.2) is 0 Å². The molecule has 3 N–H and O–H groups in total. The Labute approximate surface area is 124 Å². The summed E-state index contributed by atoms with van der Waals surface area (Å²) in [5.74, 6) is -3.59. The van der Waals surface area contributed by atoms with E-state index in [1.165, 1.54) is 0 Å². The first kappa shape index (κ1) is 21.4. The van der Waals surface area contributed by atoms with Crippen molar-refractivity contribution >= 4 is 24.2 Å². The lowest BCUT2D eigenvalue weighted by atomic mass is 10.2. The van der Waals surface area contributed by atoms with E-state index in [4.69, 9.17) is 5.73 Å². The van der Waals surface area contributed by atoms with Crippen LogP contribution in [-0.2, 0) is 9.59 Å². The summed E-state index contributed by atoms with van der Waals surface area (Å²) in [6.45, 7) is 3.46. The van der Waals surface area contributed by atoms with Crippen molar-refractivity contribution in [3.63, 3.8) is 0 Å². The normalized spacial score (nSPS) is 10.7. The molecule has 5 nitrogen and oxygen atoms in total. The van der Waals surface area contributed by atoms with E-state index in [0.717, 1.165) is 0 Å². The van der Waals surface area contributed by atoms with Crippen molar-refractivity contribution in [3.05, 3.63) is 0 Å². The van der Waals surface area contributed by atoms with Crippen molar-refractivity contribution in [1.29, 1.82) is 0 Å². The van der Waals surface area contributed by atoms with Crippen molar-refractivity contribution < 1.29 is 18.4 Å². The summed E-state index contributed by atoms with van der Waals surface area (Å²) in [6.07, 6.45) is 0.672. The third-order valence-corrected chi connectivity index (χ3v) is 2.75. The molecule has 0 atom stereocenters. The standard InChI is InChI=1S/C12H23F2N3O2.ClH/c1-3-17(4-2)11(19)7-5-6-10(18)16-9-12(13,14)8-15;/h3-9,15H2,1-2H3,(H,16,18);1H. The molecule has 0 aromatic heterocycles. The van der Waals surface area contributed by atoms with Crippen LogP contribution >= 0.6 is 12.4 Å². The van der Waals surface area contributed by atoms with Crippen molar-refractivity contribution in [2.75, 3.05) is 26.2 Å². The van der Waals surface area contributed by atoms with E-state index in [1.807, 2.05) is 13.8 Å². The summed E-state index contributed by atoms with van der Waals surface area (Å²) >= 11 is 0. The maximum atomic E-state index is 12.8. The zero-order chi connectivity index (χ0) is 14.9. The van der Waals surface area contributed by atoms with Gasteiger partial charge < -0.3 is 16.0 Å². The number of hydrogen-bond donors (Lipinski definition) is 2. The molecular formula is C12H24ClF2N3O2. The highest BCUT2D eigenvalue weighted by molar-refractivity contribution is 5.85. The van der Waals surface area contributed by atoms with Crippen LogP contribution in [0.3, 0.4) is 0 Å². The highest BCUT2D eigenvalue weighted by Gasteiger charge is 2.26. The number of nitrogens with two attached hydrogens (primary N) is 1. The van der Waals surface area contributed by atoms with E-state index >= 15 is 0 Å². The summed E-state index contributed by atoms with van der Waals surface area (Å²) in [5.41, 5.74) is 4.84. The van der Waals surface area contributed by atoms with Crippen LogP contribution in [0.25, 0.3) is 0 Å². The molecule has 0 spiro atoms. The van der Waals surface area contributed by atoms with E-state index < -0.39 is 24.9 Å². The Morgan fingerprint density at radius 3 is 2.20 bits per heavy atom.